The van der Waals surface area contributed by atoms with Crippen LogP contribution in [0.2, 0.25) is 0 Å². The minimum absolute atomic E-state index is 0.187. The van der Waals surface area contributed by atoms with Crippen molar-refractivity contribution in [1.82, 2.24) is 9.80 Å². The van der Waals surface area contributed by atoms with Crippen molar-refractivity contribution in [2.24, 2.45) is 11.7 Å². The van der Waals surface area contributed by atoms with Crippen molar-refractivity contribution in [3.63, 3.8) is 0 Å². The number of carbonyl (C=O) groups is 1. The average molecular weight is 271 g/mol. The van der Waals surface area contributed by atoms with Gasteiger partial charge < -0.3 is 10.5 Å². The molecule has 1 fully saturated rings. The van der Waals surface area contributed by atoms with Crippen molar-refractivity contribution < 1.29 is 9.53 Å². The molecule has 2 atom stereocenters. The molecule has 0 aromatic rings. The van der Waals surface area contributed by atoms with Crippen molar-refractivity contribution in [3.05, 3.63) is 0 Å². The molecule has 1 heterocycles. The summed E-state index contributed by atoms with van der Waals surface area (Å²) in [4.78, 5) is 15.3. The molecule has 2 N–H and O–H groups in total. The predicted molar refractivity (Wildman–Crippen MR) is 76.9 cm³/mol. The Labute approximate surface area is 117 Å². The van der Waals surface area contributed by atoms with Gasteiger partial charge in [0, 0.05) is 26.2 Å². The molecule has 0 aromatic heterocycles. The first-order valence-electron chi connectivity index (χ1n) is 7.32. The van der Waals surface area contributed by atoms with E-state index in [-0.39, 0.29) is 12.0 Å². The molecule has 5 heteroatoms. The molecule has 0 bridgehead atoms. The van der Waals surface area contributed by atoms with E-state index in [1.54, 1.807) is 0 Å². The van der Waals surface area contributed by atoms with Gasteiger partial charge in [0.25, 0.3) is 0 Å². The molecule has 19 heavy (non-hydrogen) atoms. The average Bonchev–Trinajstić information content (AvgIpc) is 2.28. The molecule has 0 aliphatic carbocycles. The molecule has 0 spiro atoms. The van der Waals surface area contributed by atoms with Gasteiger partial charge in [0.1, 0.15) is 0 Å². The van der Waals surface area contributed by atoms with Gasteiger partial charge in [0.15, 0.2) is 0 Å². The van der Waals surface area contributed by atoms with Gasteiger partial charge in [0.05, 0.1) is 19.3 Å². The molecule has 1 aliphatic rings. The van der Waals surface area contributed by atoms with Crippen molar-refractivity contribution >= 4 is 5.91 Å². The maximum atomic E-state index is 10.9. The standard InChI is InChI=1S/C14H29N3O2/c1-4-5-12(2)8-17-6-7-19-13(10-17)9-16(3)11-14(15)18/h12-13H,4-11H2,1-3H3,(H2,15,18)/t12-,13+/m1/s1. The fraction of sp³-hybridized carbons (Fsp3) is 0.929. The Hall–Kier alpha value is -0.650. The first kappa shape index (κ1) is 16.4. The van der Waals surface area contributed by atoms with Gasteiger partial charge >= 0.3 is 0 Å². The normalized spacial score (nSPS) is 22.6. The summed E-state index contributed by atoms with van der Waals surface area (Å²) in [7, 11) is 1.91. The molecular formula is C14H29N3O2. The van der Waals surface area contributed by atoms with Gasteiger partial charge in [-0.25, -0.2) is 0 Å². The summed E-state index contributed by atoms with van der Waals surface area (Å²) in [6.07, 6.45) is 2.71. The zero-order valence-corrected chi connectivity index (χ0v) is 12.6. The summed E-state index contributed by atoms with van der Waals surface area (Å²) in [5.41, 5.74) is 5.19. The second-order valence-corrected chi connectivity index (χ2v) is 5.81. The summed E-state index contributed by atoms with van der Waals surface area (Å²) in [6.45, 7) is 9.51. The number of amides is 1. The van der Waals surface area contributed by atoms with E-state index in [9.17, 15) is 4.79 Å². The highest BCUT2D eigenvalue weighted by Crippen LogP contribution is 2.12. The molecule has 0 saturated carbocycles. The third-order valence-electron chi connectivity index (χ3n) is 3.52. The fourth-order valence-electron chi connectivity index (χ4n) is 2.76. The van der Waals surface area contributed by atoms with Crippen LogP contribution in [0.5, 0.6) is 0 Å². The third-order valence-corrected chi connectivity index (χ3v) is 3.52. The first-order chi connectivity index (χ1) is 9.01. The highest BCUT2D eigenvalue weighted by molar-refractivity contribution is 5.75. The maximum absolute atomic E-state index is 10.9. The smallest absolute Gasteiger partial charge is 0.231 e. The SMILES string of the molecule is CCC[C@@H](C)CN1CCO[C@@H](CN(C)CC(N)=O)C1. The second-order valence-electron chi connectivity index (χ2n) is 5.81. The quantitative estimate of drug-likeness (QED) is 0.700. The Balaban J connectivity index is 2.31. The zero-order chi connectivity index (χ0) is 14.3. The highest BCUT2D eigenvalue weighted by Gasteiger charge is 2.22. The summed E-state index contributed by atoms with van der Waals surface area (Å²) in [6, 6.07) is 0. The lowest BCUT2D eigenvalue weighted by Crippen LogP contribution is -2.48. The van der Waals surface area contributed by atoms with Gasteiger partial charge in [-0.1, -0.05) is 20.3 Å². The minimum Gasteiger partial charge on any atom is -0.374 e. The number of hydrogen-bond acceptors (Lipinski definition) is 4. The third kappa shape index (κ3) is 6.89. The Kier molecular flexibility index (Phi) is 7.34. The summed E-state index contributed by atoms with van der Waals surface area (Å²) >= 11 is 0. The van der Waals surface area contributed by atoms with Gasteiger partial charge in [-0.05, 0) is 19.4 Å². The van der Waals surface area contributed by atoms with E-state index in [1.165, 1.54) is 12.8 Å². The van der Waals surface area contributed by atoms with E-state index in [4.69, 9.17) is 10.5 Å². The zero-order valence-electron chi connectivity index (χ0n) is 12.6. The lowest BCUT2D eigenvalue weighted by Gasteiger charge is -2.35. The van der Waals surface area contributed by atoms with E-state index in [2.05, 4.69) is 18.7 Å². The van der Waals surface area contributed by atoms with Crippen LogP contribution in [0.4, 0.5) is 0 Å². The number of nitrogens with two attached hydrogens (primary N) is 1. The van der Waals surface area contributed by atoms with Crippen LogP contribution in [0.15, 0.2) is 0 Å². The molecule has 0 unspecified atom stereocenters. The summed E-state index contributed by atoms with van der Waals surface area (Å²) in [5.74, 6) is 0.457. The van der Waals surface area contributed by atoms with Crippen LogP contribution in [0.1, 0.15) is 26.7 Å². The predicted octanol–water partition coefficient (Wildman–Crippen LogP) is 0.541. The molecule has 1 amide bonds. The van der Waals surface area contributed by atoms with E-state index in [0.29, 0.717) is 6.54 Å². The minimum atomic E-state index is -0.285. The number of hydrogen-bond donors (Lipinski definition) is 1. The number of carbonyl (C=O) groups excluding carboxylic acids is 1. The monoisotopic (exact) mass is 271 g/mol. The molecule has 5 nitrogen and oxygen atoms in total. The highest BCUT2D eigenvalue weighted by atomic mass is 16.5. The van der Waals surface area contributed by atoms with E-state index < -0.39 is 0 Å². The van der Waals surface area contributed by atoms with Crippen molar-refractivity contribution in [2.45, 2.75) is 32.8 Å². The Bertz CT molecular complexity index is 273. The summed E-state index contributed by atoms with van der Waals surface area (Å²) < 4.78 is 5.77. The fourth-order valence-corrected chi connectivity index (χ4v) is 2.76. The number of morpholine rings is 1. The molecule has 112 valence electrons. The van der Waals surface area contributed by atoms with E-state index in [0.717, 1.165) is 38.7 Å². The number of primary amides is 1. The molecule has 0 radical (unpaired) electrons. The Morgan fingerprint density at radius 3 is 2.95 bits per heavy atom. The lowest BCUT2D eigenvalue weighted by molar-refractivity contribution is -0.119. The van der Waals surface area contributed by atoms with Crippen LogP contribution in [0.25, 0.3) is 0 Å². The first-order valence-corrected chi connectivity index (χ1v) is 7.32. The molecule has 0 aromatic carbocycles. The van der Waals surface area contributed by atoms with Gasteiger partial charge in [-0.3, -0.25) is 14.6 Å². The van der Waals surface area contributed by atoms with Crippen LogP contribution in [0.3, 0.4) is 0 Å². The van der Waals surface area contributed by atoms with E-state index in [1.807, 2.05) is 11.9 Å². The largest absolute Gasteiger partial charge is 0.374 e. The molecule has 1 saturated heterocycles. The topological polar surface area (TPSA) is 58.8 Å². The van der Waals surface area contributed by atoms with Crippen LogP contribution in [-0.4, -0.2) is 68.2 Å². The van der Waals surface area contributed by atoms with E-state index >= 15 is 0 Å². The van der Waals surface area contributed by atoms with Crippen LogP contribution < -0.4 is 5.73 Å². The van der Waals surface area contributed by atoms with Crippen LogP contribution >= 0.6 is 0 Å². The van der Waals surface area contributed by atoms with Gasteiger partial charge in [-0.15, -0.1) is 0 Å². The van der Waals surface area contributed by atoms with Gasteiger partial charge in [0.2, 0.25) is 5.91 Å². The number of ether oxygens (including phenoxy) is 1. The van der Waals surface area contributed by atoms with Gasteiger partial charge in [-0.2, -0.15) is 0 Å². The Morgan fingerprint density at radius 2 is 2.32 bits per heavy atom. The van der Waals surface area contributed by atoms with Crippen LogP contribution in [0, 0.1) is 5.92 Å². The number of nitrogens with zero attached hydrogens (tertiary/aromatic N) is 2. The summed E-state index contributed by atoms with van der Waals surface area (Å²) in [5, 5.41) is 0. The number of likely N-dealkylation sites (N-methyl/N-ethyl adjacent to an activating group) is 1. The lowest BCUT2D eigenvalue weighted by atomic mass is 10.1. The Morgan fingerprint density at radius 1 is 1.58 bits per heavy atom. The van der Waals surface area contributed by atoms with Crippen molar-refractivity contribution in [3.8, 4) is 0 Å². The second kappa shape index (κ2) is 8.51. The molecule has 1 rings (SSSR count). The van der Waals surface area contributed by atoms with Crippen LogP contribution in [-0.2, 0) is 9.53 Å². The maximum Gasteiger partial charge on any atom is 0.231 e. The number of rotatable bonds is 8. The molecule has 1 aliphatic heterocycles. The van der Waals surface area contributed by atoms with Crippen molar-refractivity contribution in [2.75, 3.05) is 46.4 Å². The van der Waals surface area contributed by atoms with Crippen molar-refractivity contribution in [1.29, 1.82) is 0 Å². The molecular weight excluding hydrogens is 242 g/mol.